The van der Waals surface area contributed by atoms with Gasteiger partial charge in [0.2, 0.25) is 0 Å². The van der Waals surface area contributed by atoms with Crippen molar-refractivity contribution in [2.45, 2.75) is 32.0 Å². The second-order valence-electron chi connectivity index (χ2n) is 6.36. The van der Waals surface area contributed by atoms with E-state index in [4.69, 9.17) is 14.2 Å². The van der Waals surface area contributed by atoms with Crippen LogP contribution in [-0.2, 0) is 16.7 Å². The zero-order chi connectivity index (χ0) is 16.6. The Bertz CT molecular complexity index is 706. The van der Waals surface area contributed by atoms with E-state index in [1.807, 2.05) is 18.2 Å². The third kappa shape index (κ3) is 2.55. The Morgan fingerprint density at radius 1 is 1.13 bits per heavy atom. The highest BCUT2D eigenvalue weighted by Crippen LogP contribution is 2.45. The number of anilines is 1. The van der Waals surface area contributed by atoms with Crippen molar-refractivity contribution in [2.75, 3.05) is 26.6 Å². The average molecular weight is 316 g/mol. The lowest BCUT2D eigenvalue weighted by atomic mass is 9.85. The summed E-state index contributed by atoms with van der Waals surface area (Å²) in [5.74, 6) is 2.67. The lowest BCUT2D eigenvalue weighted by Gasteiger charge is -2.32. The monoisotopic (exact) mass is 316 g/mol. The van der Waals surface area contributed by atoms with E-state index in [0.29, 0.717) is 6.54 Å². The molecule has 1 unspecified atom stereocenters. The standard InChI is InChI=1S/C18H24N2O3/c1-18(2)13-8-16(20(11-13)17(18)23-5)19-10-12-6-7-14(21-3)9-15(12)22-4/h6-9,11,17,19H,10H2,1-5H3. The second kappa shape index (κ2) is 5.81. The molecule has 2 bridgehead atoms. The second-order valence-corrected chi connectivity index (χ2v) is 6.36. The lowest BCUT2D eigenvalue weighted by Crippen LogP contribution is -2.30. The number of methoxy groups -OCH3 is 3. The molecule has 5 heteroatoms. The number of fused-ring (bicyclic) bond motifs is 2. The van der Waals surface area contributed by atoms with Gasteiger partial charge in [-0.3, -0.25) is 0 Å². The topological polar surface area (TPSA) is 44.7 Å². The molecular formula is C18H24N2O3. The van der Waals surface area contributed by atoms with Crippen molar-refractivity contribution in [3.63, 3.8) is 0 Å². The van der Waals surface area contributed by atoms with Crippen LogP contribution in [0, 0.1) is 0 Å². The Labute approximate surface area is 137 Å². The fourth-order valence-corrected chi connectivity index (χ4v) is 3.25. The molecular weight excluding hydrogens is 292 g/mol. The normalized spacial score (nSPS) is 18.0. The molecule has 0 amide bonds. The van der Waals surface area contributed by atoms with Crippen molar-refractivity contribution in [3.05, 3.63) is 41.6 Å². The quantitative estimate of drug-likeness (QED) is 0.885. The molecule has 0 fully saturated rings. The third-order valence-electron chi connectivity index (χ3n) is 4.64. The summed E-state index contributed by atoms with van der Waals surface area (Å²) in [5, 5.41) is 3.48. The molecule has 1 aliphatic rings. The average Bonchev–Trinajstić information content (AvgIpc) is 3.07. The summed E-state index contributed by atoms with van der Waals surface area (Å²) in [7, 11) is 5.08. The highest BCUT2D eigenvalue weighted by molar-refractivity contribution is 5.50. The van der Waals surface area contributed by atoms with Gasteiger partial charge in [-0.15, -0.1) is 0 Å². The molecule has 0 spiro atoms. The van der Waals surface area contributed by atoms with Gasteiger partial charge < -0.3 is 24.1 Å². The largest absolute Gasteiger partial charge is 0.497 e. The molecule has 0 saturated heterocycles. The minimum atomic E-state index is 0.0116. The molecule has 0 saturated carbocycles. The van der Waals surface area contributed by atoms with Gasteiger partial charge in [-0.05, 0) is 23.8 Å². The number of hydrogen-bond donors (Lipinski definition) is 1. The van der Waals surface area contributed by atoms with Crippen LogP contribution >= 0.6 is 0 Å². The predicted octanol–water partition coefficient (Wildman–Crippen LogP) is 3.55. The van der Waals surface area contributed by atoms with Gasteiger partial charge in [0.15, 0.2) is 0 Å². The Morgan fingerprint density at radius 2 is 1.91 bits per heavy atom. The van der Waals surface area contributed by atoms with Crippen molar-refractivity contribution >= 4 is 5.82 Å². The molecule has 2 aromatic rings. The fourth-order valence-electron chi connectivity index (χ4n) is 3.25. The van der Waals surface area contributed by atoms with Crippen LogP contribution in [0.25, 0.3) is 0 Å². The van der Waals surface area contributed by atoms with Gasteiger partial charge in [0, 0.05) is 36.9 Å². The summed E-state index contributed by atoms with van der Waals surface area (Å²) in [4.78, 5) is 0. The number of ether oxygens (including phenoxy) is 3. The van der Waals surface area contributed by atoms with E-state index >= 15 is 0 Å². The first-order valence-electron chi connectivity index (χ1n) is 7.71. The van der Waals surface area contributed by atoms with E-state index in [2.05, 4.69) is 36.0 Å². The minimum Gasteiger partial charge on any atom is -0.497 e. The van der Waals surface area contributed by atoms with Crippen LogP contribution in [0.2, 0.25) is 0 Å². The van der Waals surface area contributed by atoms with Gasteiger partial charge in [0.1, 0.15) is 23.5 Å². The number of rotatable bonds is 6. The lowest BCUT2D eigenvalue weighted by molar-refractivity contribution is -0.00132. The maximum atomic E-state index is 5.67. The van der Waals surface area contributed by atoms with E-state index in [1.165, 1.54) is 5.56 Å². The molecule has 2 heterocycles. The summed E-state index contributed by atoms with van der Waals surface area (Å²) in [6.07, 6.45) is 2.18. The SMILES string of the molecule is COc1ccc(CNc2cc3cn2C(OC)C3(C)C)c(OC)c1. The number of nitrogens with zero attached hydrogens (tertiary/aromatic N) is 1. The first-order chi connectivity index (χ1) is 11.0. The van der Waals surface area contributed by atoms with E-state index < -0.39 is 0 Å². The fraction of sp³-hybridized carbons (Fsp3) is 0.444. The van der Waals surface area contributed by atoms with Crippen LogP contribution in [0.15, 0.2) is 30.5 Å². The van der Waals surface area contributed by atoms with Crippen LogP contribution in [0.3, 0.4) is 0 Å². The van der Waals surface area contributed by atoms with Gasteiger partial charge in [-0.2, -0.15) is 0 Å². The third-order valence-corrected chi connectivity index (χ3v) is 4.64. The van der Waals surface area contributed by atoms with Crippen molar-refractivity contribution in [3.8, 4) is 11.5 Å². The summed E-state index contributed by atoms with van der Waals surface area (Å²) in [5.41, 5.74) is 2.38. The van der Waals surface area contributed by atoms with Crippen LogP contribution in [-0.4, -0.2) is 25.9 Å². The van der Waals surface area contributed by atoms with Crippen LogP contribution in [0.4, 0.5) is 5.82 Å². The van der Waals surface area contributed by atoms with E-state index in [1.54, 1.807) is 21.3 Å². The highest BCUT2D eigenvalue weighted by Gasteiger charge is 2.41. The van der Waals surface area contributed by atoms with Crippen molar-refractivity contribution in [1.29, 1.82) is 0 Å². The molecule has 1 atom stereocenters. The molecule has 23 heavy (non-hydrogen) atoms. The van der Waals surface area contributed by atoms with Gasteiger partial charge >= 0.3 is 0 Å². The molecule has 3 rings (SSSR count). The van der Waals surface area contributed by atoms with Gasteiger partial charge in [-0.1, -0.05) is 13.8 Å². The van der Waals surface area contributed by atoms with Crippen molar-refractivity contribution in [1.82, 2.24) is 4.57 Å². The summed E-state index contributed by atoms with van der Waals surface area (Å²) < 4.78 is 18.5. The minimum absolute atomic E-state index is 0.0116. The van der Waals surface area contributed by atoms with Gasteiger partial charge in [0.25, 0.3) is 0 Å². The Balaban J connectivity index is 1.79. The zero-order valence-corrected chi connectivity index (χ0v) is 14.3. The number of nitrogens with one attached hydrogen (secondary N) is 1. The molecule has 1 aromatic heterocycles. The smallest absolute Gasteiger partial charge is 0.143 e. The maximum Gasteiger partial charge on any atom is 0.143 e. The number of benzene rings is 1. The van der Waals surface area contributed by atoms with Gasteiger partial charge in [0.05, 0.1) is 14.2 Å². The van der Waals surface area contributed by atoms with E-state index in [-0.39, 0.29) is 11.6 Å². The molecule has 0 radical (unpaired) electrons. The number of aromatic nitrogens is 1. The number of hydrogen-bond acceptors (Lipinski definition) is 4. The molecule has 5 nitrogen and oxygen atoms in total. The molecule has 1 aliphatic heterocycles. The van der Waals surface area contributed by atoms with Gasteiger partial charge in [-0.25, -0.2) is 0 Å². The van der Waals surface area contributed by atoms with E-state index in [0.717, 1.165) is 22.9 Å². The Kier molecular flexibility index (Phi) is 3.98. The van der Waals surface area contributed by atoms with Crippen molar-refractivity contribution < 1.29 is 14.2 Å². The van der Waals surface area contributed by atoms with Crippen LogP contribution in [0.1, 0.15) is 31.2 Å². The first kappa shape index (κ1) is 15.7. The first-order valence-corrected chi connectivity index (χ1v) is 7.71. The van der Waals surface area contributed by atoms with Crippen molar-refractivity contribution in [2.24, 2.45) is 0 Å². The zero-order valence-electron chi connectivity index (χ0n) is 14.3. The van der Waals surface area contributed by atoms with Crippen LogP contribution < -0.4 is 14.8 Å². The molecule has 1 N–H and O–H groups in total. The molecule has 124 valence electrons. The maximum absolute atomic E-state index is 5.67. The summed E-state index contributed by atoms with van der Waals surface area (Å²) >= 11 is 0. The summed E-state index contributed by atoms with van der Waals surface area (Å²) in [6.45, 7) is 5.08. The predicted molar refractivity (Wildman–Crippen MR) is 90.4 cm³/mol. The highest BCUT2D eigenvalue weighted by atomic mass is 16.5. The summed E-state index contributed by atoms with van der Waals surface area (Å²) in [6, 6.07) is 8.04. The Morgan fingerprint density at radius 3 is 2.52 bits per heavy atom. The van der Waals surface area contributed by atoms with Crippen LogP contribution in [0.5, 0.6) is 11.5 Å². The molecule has 0 aliphatic carbocycles. The Hall–Kier alpha value is -2.14. The van der Waals surface area contributed by atoms with E-state index in [9.17, 15) is 0 Å². The molecule has 1 aromatic carbocycles.